The molecule has 0 bridgehead atoms. The average Bonchev–Trinajstić information content (AvgIpc) is 2.84. The zero-order chi connectivity index (χ0) is 26.2. The van der Waals surface area contributed by atoms with Crippen molar-refractivity contribution in [1.29, 1.82) is 0 Å². The Morgan fingerprint density at radius 3 is 2.17 bits per heavy atom. The van der Waals surface area contributed by atoms with Crippen LogP contribution in [0.25, 0.3) is 0 Å². The largest absolute Gasteiger partial charge is 0.493 e. The van der Waals surface area contributed by atoms with Crippen molar-refractivity contribution in [3.8, 4) is 11.5 Å². The highest BCUT2D eigenvalue weighted by atomic mass is 32.2. The molecule has 0 spiro atoms. The summed E-state index contributed by atoms with van der Waals surface area (Å²) in [5, 5.41) is 2.90. The number of carbonyl (C=O) groups is 2. The van der Waals surface area contributed by atoms with Crippen LogP contribution in [0, 0.1) is 0 Å². The lowest BCUT2D eigenvalue weighted by atomic mass is 10.1. The van der Waals surface area contributed by atoms with E-state index in [4.69, 9.17) is 9.47 Å². The normalized spacial score (nSPS) is 12.9. The molecule has 10 heteroatoms. The predicted molar refractivity (Wildman–Crippen MR) is 136 cm³/mol. The number of rotatable bonds is 12. The molecule has 0 aliphatic heterocycles. The van der Waals surface area contributed by atoms with Crippen molar-refractivity contribution < 1.29 is 27.5 Å². The molecule has 0 fully saturated rings. The van der Waals surface area contributed by atoms with Gasteiger partial charge in [0.25, 0.3) is 0 Å². The van der Waals surface area contributed by atoms with E-state index in [-0.39, 0.29) is 24.2 Å². The molecule has 2 aromatic rings. The Hall–Kier alpha value is -3.27. The number of nitrogens with zero attached hydrogens (tertiary/aromatic N) is 2. The van der Waals surface area contributed by atoms with Gasteiger partial charge in [0.1, 0.15) is 12.6 Å². The molecule has 35 heavy (non-hydrogen) atoms. The Labute approximate surface area is 208 Å². The number of anilines is 1. The van der Waals surface area contributed by atoms with Gasteiger partial charge in [-0.05, 0) is 38.0 Å². The van der Waals surface area contributed by atoms with E-state index in [1.165, 1.54) is 31.3 Å². The minimum Gasteiger partial charge on any atom is -0.493 e. The first-order valence-corrected chi connectivity index (χ1v) is 13.2. The second-order valence-corrected chi connectivity index (χ2v) is 10.2. The SMILES string of the molecule is CC[C@H](C)NC(=O)[C@@H](C)N(Cc1ccccc1)C(=O)CN(c1ccc(OC)c(OC)c1)S(C)(=O)=O. The van der Waals surface area contributed by atoms with Crippen molar-refractivity contribution >= 4 is 27.5 Å². The highest BCUT2D eigenvalue weighted by Crippen LogP contribution is 2.32. The molecular formula is C25H35N3O6S. The number of hydrogen-bond donors (Lipinski definition) is 1. The standard InChI is InChI=1S/C25H35N3O6S/c1-7-18(2)26-25(30)19(3)27(16-20-11-9-8-10-12-20)24(29)17-28(35(6,31)32)21-13-14-22(33-4)23(15-21)34-5/h8-15,18-19H,7,16-17H2,1-6H3,(H,26,30)/t18-,19+/m0/s1. The lowest BCUT2D eigenvalue weighted by Gasteiger charge is -2.32. The maximum atomic E-state index is 13.5. The third-order valence-electron chi connectivity index (χ3n) is 5.70. The number of carbonyl (C=O) groups excluding carboxylic acids is 2. The van der Waals surface area contributed by atoms with Gasteiger partial charge >= 0.3 is 0 Å². The van der Waals surface area contributed by atoms with Gasteiger partial charge < -0.3 is 19.7 Å². The molecule has 2 aromatic carbocycles. The lowest BCUT2D eigenvalue weighted by molar-refractivity contribution is -0.139. The van der Waals surface area contributed by atoms with Crippen molar-refractivity contribution in [1.82, 2.24) is 10.2 Å². The molecular weight excluding hydrogens is 470 g/mol. The number of amides is 2. The third-order valence-corrected chi connectivity index (χ3v) is 6.84. The average molecular weight is 506 g/mol. The molecule has 0 heterocycles. The number of sulfonamides is 1. The summed E-state index contributed by atoms with van der Waals surface area (Å²) in [7, 11) is -0.928. The van der Waals surface area contributed by atoms with Crippen LogP contribution in [0.5, 0.6) is 11.5 Å². The molecule has 9 nitrogen and oxygen atoms in total. The van der Waals surface area contributed by atoms with Crippen LogP contribution < -0.4 is 19.1 Å². The summed E-state index contributed by atoms with van der Waals surface area (Å²) >= 11 is 0. The Balaban J connectivity index is 2.41. The predicted octanol–water partition coefficient (Wildman–Crippen LogP) is 2.80. The monoisotopic (exact) mass is 505 g/mol. The van der Waals surface area contributed by atoms with Gasteiger partial charge in [0.15, 0.2) is 11.5 Å². The number of hydrogen-bond acceptors (Lipinski definition) is 6. The molecule has 0 saturated heterocycles. The fourth-order valence-corrected chi connectivity index (χ4v) is 4.26. The van der Waals surface area contributed by atoms with Crippen LogP contribution in [0.15, 0.2) is 48.5 Å². The molecule has 1 N–H and O–H groups in total. The van der Waals surface area contributed by atoms with Crippen molar-refractivity contribution in [2.24, 2.45) is 0 Å². The summed E-state index contributed by atoms with van der Waals surface area (Å²) in [5.74, 6) is -0.0628. The smallest absolute Gasteiger partial charge is 0.244 e. The van der Waals surface area contributed by atoms with Crippen LogP contribution in [0.2, 0.25) is 0 Å². The first-order valence-electron chi connectivity index (χ1n) is 11.3. The Morgan fingerprint density at radius 2 is 1.63 bits per heavy atom. The Bertz CT molecular complexity index is 1110. The molecule has 0 aromatic heterocycles. The van der Waals surface area contributed by atoms with E-state index in [0.717, 1.165) is 22.5 Å². The Morgan fingerprint density at radius 1 is 1.00 bits per heavy atom. The van der Waals surface area contributed by atoms with Crippen molar-refractivity contribution in [2.75, 3.05) is 31.3 Å². The van der Waals surface area contributed by atoms with Gasteiger partial charge in [0.05, 0.1) is 26.2 Å². The van der Waals surface area contributed by atoms with Gasteiger partial charge in [0, 0.05) is 18.7 Å². The van der Waals surface area contributed by atoms with Crippen LogP contribution in [0.3, 0.4) is 0 Å². The van der Waals surface area contributed by atoms with E-state index < -0.39 is 28.5 Å². The van der Waals surface area contributed by atoms with Gasteiger partial charge in [-0.1, -0.05) is 37.3 Å². The first-order chi connectivity index (χ1) is 16.5. The Kier molecular flexibility index (Phi) is 9.94. The van der Waals surface area contributed by atoms with Gasteiger partial charge in [-0.15, -0.1) is 0 Å². The maximum absolute atomic E-state index is 13.5. The van der Waals surface area contributed by atoms with E-state index >= 15 is 0 Å². The van der Waals surface area contributed by atoms with Gasteiger partial charge in [-0.3, -0.25) is 13.9 Å². The zero-order valence-corrected chi connectivity index (χ0v) is 22.0. The summed E-state index contributed by atoms with van der Waals surface area (Å²) < 4.78 is 36.9. The fraction of sp³-hybridized carbons (Fsp3) is 0.440. The number of ether oxygens (including phenoxy) is 2. The first kappa shape index (κ1) is 28.0. The van der Waals surface area contributed by atoms with E-state index in [1.807, 2.05) is 44.2 Å². The molecule has 192 valence electrons. The quantitative estimate of drug-likeness (QED) is 0.476. The molecule has 0 saturated carbocycles. The maximum Gasteiger partial charge on any atom is 0.244 e. The van der Waals surface area contributed by atoms with Gasteiger partial charge in [-0.2, -0.15) is 0 Å². The van der Waals surface area contributed by atoms with Crippen LogP contribution in [-0.4, -0.2) is 64.2 Å². The van der Waals surface area contributed by atoms with Gasteiger partial charge in [-0.25, -0.2) is 8.42 Å². The van der Waals surface area contributed by atoms with Crippen LogP contribution in [0.1, 0.15) is 32.8 Å². The number of nitrogens with one attached hydrogen (secondary N) is 1. The van der Waals surface area contributed by atoms with Crippen LogP contribution in [-0.2, 0) is 26.2 Å². The number of methoxy groups -OCH3 is 2. The summed E-state index contributed by atoms with van der Waals surface area (Å²) in [6, 6.07) is 13.0. The summed E-state index contributed by atoms with van der Waals surface area (Å²) in [4.78, 5) is 27.8. The molecule has 0 radical (unpaired) electrons. The molecule has 0 aliphatic rings. The summed E-state index contributed by atoms with van der Waals surface area (Å²) in [5.41, 5.74) is 1.07. The molecule has 2 rings (SSSR count). The lowest BCUT2D eigenvalue weighted by Crippen LogP contribution is -2.52. The summed E-state index contributed by atoms with van der Waals surface area (Å²) in [6.07, 6.45) is 1.77. The third kappa shape index (κ3) is 7.61. The van der Waals surface area contributed by atoms with Crippen molar-refractivity contribution in [2.45, 2.75) is 45.8 Å². The van der Waals surface area contributed by atoms with E-state index in [2.05, 4.69) is 5.32 Å². The molecule has 0 aliphatic carbocycles. The minimum absolute atomic E-state index is 0.0575. The van der Waals surface area contributed by atoms with Gasteiger partial charge in [0.2, 0.25) is 21.8 Å². The molecule has 2 amide bonds. The highest BCUT2D eigenvalue weighted by molar-refractivity contribution is 7.92. The zero-order valence-electron chi connectivity index (χ0n) is 21.1. The summed E-state index contributed by atoms with van der Waals surface area (Å²) in [6.45, 7) is 5.15. The number of benzene rings is 2. The minimum atomic E-state index is -3.84. The van der Waals surface area contributed by atoms with Crippen molar-refractivity contribution in [3.05, 3.63) is 54.1 Å². The van der Waals surface area contributed by atoms with E-state index in [1.54, 1.807) is 13.0 Å². The van der Waals surface area contributed by atoms with E-state index in [9.17, 15) is 18.0 Å². The fourth-order valence-electron chi connectivity index (χ4n) is 3.42. The second kappa shape index (κ2) is 12.4. The van der Waals surface area contributed by atoms with Crippen LogP contribution in [0.4, 0.5) is 5.69 Å². The molecule has 0 unspecified atom stereocenters. The topological polar surface area (TPSA) is 105 Å². The van der Waals surface area contributed by atoms with E-state index in [0.29, 0.717) is 11.5 Å². The second-order valence-electron chi connectivity index (χ2n) is 8.31. The highest BCUT2D eigenvalue weighted by Gasteiger charge is 2.30. The molecule has 2 atom stereocenters. The van der Waals surface area contributed by atoms with Crippen molar-refractivity contribution in [3.63, 3.8) is 0 Å². The van der Waals surface area contributed by atoms with Crippen LogP contribution >= 0.6 is 0 Å².